The summed E-state index contributed by atoms with van der Waals surface area (Å²) in [6.07, 6.45) is 1.37. The number of aromatic carboxylic acids is 1. The zero-order valence-corrected chi connectivity index (χ0v) is 12.3. The molecule has 0 atom stereocenters. The van der Waals surface area contributed by atoms with Crippen molar-refractivity contribution < 1.29 is 9.90 Å². The zero-order chi connectivity index (χ0) is 15.8. The molecule has 21 heavy (non-hydrogen) atoms. The summed E-state index contributed by atoms with van der Waals surface area (Å²) in [6, 6.07) is 4.38. The van der Waals surface area contributed by atoms with Gasteiger partial charge in [-0.1, -0.05) is 13.8 Å². The second-order valence-corrected chi connectivity index (χ2v) is 5.34. The molecule has 2 aromatic rings. The number of hydrogen-bond acceptors (Lipinski definition) is 3. The van der Waals surface area contributed by atoms with E-state index < -0.39 is 22.6 Å². The lowest BCUT2D eigenvalue weighted by Gasteiger charge is -2.30. The average Bonchev–Trinajstić information content (AvgIpc) is 2.47. The summed E-state index contributed by atoms with van der Waals surface area (Å²) < 4.78 is 1.48. The standard InChI is InChI=1S/C15H18N2O4/c1-4-15(3,5-2)17-11-7-6-9(14(20)21)8-10(11)16-12(18)13(17)19/h6-8H,4-5H2,1-3H3,(H,16,18)(H,20,21). The van der Waals surface area contributed by atoms with Crippen molar-refractivity contribution in [1.29, 1.82) is 0 Å². The van der Waals surface area contributed by atoms with Gasteiger partial charge in [-0.3, -0.25) is 14.2 Å². The third kappa shape index (κ3) is 2.37. The number of carbonyl (C=O) groups is 1. The number of aromatic nitrogens is 2. The first-order valence-electron chi connectivity index (χ1n) is 6.87. The molecule has 6 heteroatoms. The summed E-state index contributed by atoms with van der Waals surface area (Å²) in [5.74, 6) is -1.08. The highest BCUT2D eigenvalue weighted by atomic mass is 16.4. The first kappa shape index (κ1) is 15.0. The third-order valence-electron chi connectivity index (χ3n) is 4.19. The Morgan fingerprint density at radius 1 is 1.29 bits per heavy atom. The van der Waals surface area contributed by atoms with Crippen molar-refractivity contribution in [3.05, 3.63) is 44.5 Å². The van der Waals surface area contributed by atoms with E-state index in [0.717, 1.165) is 0 Å². The smallest absolute Gasteiger partial charge is 0.335 e. The zero-order valence-electron chi connectivity index (χ0n) is 12.3. The molecule has 2 rings (SSSR count). The fourth-order valence-corrected chi connectivity index (χ4v) is 2.45. The van der Waals surface area contributed by atoms with Crippen LogP contribution in [0.15, 0.2) is 27.8 Å². The van der Waals surface area contributed by atoms with Crippen LogP contribution in [0, 0.1) is 0 Å². The SMILES string of the molecule is CCC(C)(CC)n1c(=O)c(=O)[nH]c2cc(C(=O)O)ccc21. The molecule has 0 aliphatic heterocycles. The normalized spacial score (nSPS) is 11.8. The Morgan fingerprint density at radius 2 is 1.90 bits per heavy atom. The largest absolute Gasteiger partial charge is 0.478 e. The summed E-state index contributed by atoms with van der Waals surface area (Å²) >= 11 is 0. The minimum absolute atomic E-state index is 0.0676. The Kier molecular flexibility index (Phi) is 3.72. The number of carboxylic acids is 1. The Bertz CT molecular complexity index is 813. The van der Waals surface area contributed by atoms with Crippen LogP contribution in [0.3, 0.4) is 0 Å². The van der Waals surface area contributed by atoms with E-state index in [1.165, 1.54) is 16.7 Å². The van der Waals surface area contributed by atoms with Gasteiger partial charge in [0.2, 0.25) is 0 Å². The van der Waals surface area contributed by atoms with Crippen LogP contribution in [0.1, 0.15) is 44.0 Å². The Balaban J connectivity index is 2.93. The van der Waals surface area contributed by atoms with Gasteiger partial charge in [0.1, 0.15) is 0 Å². The van der Waals surface area contributed by atoms with Crippen molar-refractivity contribution in [1.82, 2.24) is 9.55 Å². The fourth-order valence-electron chi connectivity index (χ4n) is 2.45. The van der Waals surface area contributed by atoms with Gasteiger partial charge in [-0.05, 0) is 38.0 Å². The maximum absolute atomic E-state index is 12.3. The van der Waals surface area contributed by atoms with Crippen LogP contribution in [-0.2, 0) is 5.54 Å². The predicted octanol–water partition coefficient (Wildman–Crippen LogP) is 1.92. The van der Waals surface area contributed by atoms with Crippen LogP contribution in [0.2, 0.25) is 0 Å². The Labute approximate surface area is 121 Å². The van der Waals surface area contributed by atoms with E-state index in [1.807, 2.05) is 20.8 Å². The molecule has 2 N–H and O–H groups in total. The molecule has 0 bridgehead atoms. The van der Waals surface area contributed by atoms with Gasteiger partial charge in [0, 0.05) is 5.54 Å². The molecular formula is C15H18N2O4. The number of hydrogen-bond donors (Lipinski definition) is 2. The number of aromatic amines is 1. The number of nitrogens with zero attached hydrogens (tertiary/aromatic N) is 1. The van der Waals surface area contributed by atoms with Gasteiger partial charge < -0.3 is 10.1 Å². The number of carboxylic acid groups (broad SMARTS) is 1. The van der Waals surface area contributed by atoms with Crippen molar-refractivity contribution in [2.45, 2.75) is 39.2 Å². The van der Waals surface area contributed by atoms with E-state index in [4.69, 9.17) is 5.11 Å². The monoisotopic (exact) mass is 290 g/mol. The van der Waals surface area contributed by atoms with Gasteiger partial charge in [-0.15, -0.1) is 0 Å². The van der Waals surface area contributed by atoms with Crippen molar-refractivity contribution >= 4 is 17.0 Å². The van der Waals surface area contributed by atoms with Crippen LogP contribution in [0.4, 0.5) is 0 Å². The maximum Gasteiger partial charge on any atom is 0.335 e. The van der Waals surface area contributed by atoms with Gasteiger partial charge in [0.15, 0.2) is 0 Å². The van der Waals surface area contributed by atoms with E-state index in [2.05, 4.69) is 4.98 Å². The third-order valence-corrected chi connectivity index (χ3v) is 4.19. The molecule has 0 radical (unpaired) electrons. The molecule has 112 valence electrons. The Hall–Kier alpha value is -2.37. The van der Waals surface area contributed by atoms with E-state index in [9.17, 15) is 14.4 Å². The first-order chi connectivity index (χ1) is 9.84. The van der Waals surface area contributed by atoms with Gasteiger partial charge in [-0.25, -0.2) is 4.79 Å². The molecule has 0 fully saturated rings. The molecule has 0 saturated heterocycles. The molecule has 1 aromatic carbocycles. The quantitative estimate of drug-likeness (QED) is 0.841. The summed E-state index contributed by atoms with van der Waals surface area (Å²) in [5, 5.41) is 9.03. The highest BCUT2D eigenvalue weighted by molar-refractivity contribution is 5.92. The molecule has 0 spiro atoms. The molecule has 0 amide bonds. The molecule has 0 saturated carbocycles. The summed E-state index contributed by atoms with van der Waals surface area (Å²) in [4.78, 5) is 37.6. The van der Waals surface area contributed by atoms with Gasteiger partial charge in [0.25, 0.3) is 0 Å². The molecule has 6 nitrogen and oxygen atoms in total. The molecule has 1 aromatic heterocycles. The highest BCUT2D eigenvalue weighted by Crippen LogP contribution is 2.26. The number of fused-ring (bicyclic) bond motifs is 1. The lowest BCUT2D eigenvalue weighted by molar-refractivity contribution is 0.0697. The Morgan fingerprint density at radius 3 is 2.43 bits per heavy atom. The van der Waals surface area contributed by atoms with Gasteiger partial charge in [0.05, 0.1) is 16.6 Å². The molecule has 0 unspecified atom stereocenters. The van der Waals surface area contributed by atoms with Gasteiger partial charge >= 0.3 is 17.1 Å². The van der Waals surface area contributed by atoms with Crippen LogP contribution >= 0.6 is 0 Å². The van der Waals surface area contributed by atoms with E-state index in [-0.39, 0.29) is 5.56 Å². The van der Waals surface area contributed by atoms with Gasteiger partial charge in [-0.2, -0.15) is 0 Å². The number of benzene rings is 1. The topological polar surface area (TPSA) is 92.2 Å². The van der Waals surface area contributed by atoms with E-state index >= 15 is 0 Å². The number of H-pyrrole nitrogens is 1. The summed E-state index contributed by atoms with van der Waals surface area (Å²) in [7, 11) is 0. The lowest BCUT2D eigenvalue weighted by Crippen LogP contribution is -2.45. The second kappa shape index (κ2) is 5.20. The molecule has 0 aliphatic rings. The van der Waals surface area contributed by atoms with Crippen LogP contribution < -0.4 is 11.1 Å². The first-order valence-corrected chi connectivity index (χ1v) is 6.87. The summed E-state index contributed by atoms with van der Waals surface area (Å²) in [5.41, 5.74) is -0.884. The number of nitrogens with one attached hydrogen (secondary N) is 1. The second-order valence-electron chi connectivity index (χ2n) is 5.34. The van der Waals surface area contributed by atoms with Crippen molar-refractivity contribution in [2.24, 2.45) is 0 Å². The van der Waals surface area contributed by atoms with E-state index in [0.29, 0.717) is 23.9 Å². The van der Waals surface area contributed by atoms with Crippen LogP contribution in [0.5, 0.6) is 0 Å². The fraction of sp³-hybridized carbons (Fsp3) is 0.400. The predicted molar refractivity (Wildman–Crippen MR) is 80.0 cm³/mol. The molecule has 1 heterocycles. The van der Waals surface area contributed by atoms with Crippen molar-refractivity contribution in [3.63, 3.8) is 0 Å². The molecule has 0 aliphatic carbocycles. The minimum Gasteiger partial charge on any atom is -0.478 e. The lowest BCUT2D eigenvalue weighted by atomic mass is 9.94. The van der Waals surface area contributed by atoms with Crippen LogP contribution in [-0.4, -0.2) is 20.6 Å². The average molecular weight is 290 g/mol. The molecular weight excluding hydrogens is 272 g/mol. The van der Waals surface area contributed by atoms with E-state index in [1.54, 1.807) is 6.07 Å². The number of rotatable bonds is 4. The maximum atomic E-state index is 12.3. The van der Waals surface area contributed by atoms with Crippen molar-refractivity contribution in [3.8, 4) is 0 Å². The highest BCUT2D eigenvalue weighted by Gasteiger charge is 2.26. The minimum atomic E-state index is -1.08. The van der Waals surface area contributed by atoms with Crippen LogP contribution in [0.25, 0.3) is 11.0 Å². The summed E-state index contributed by atoms with van der Waals surface area (Å²) in [6.45, 7) is 5.82. The van der Waals surface area contributed by atoms with Crippen molar-refractivity contribution in [2.75, 3.05) is 0 Å².